The van der Waals surface area contributed by atoms with Crippen molar-refractivity contribution in [1.82, 2.24) is 5.32 Å². The molecule has 0 bridgehead atoms. The molecular formula is C16H22ClN3O3. The maximum atomic E-state index is 12.0. The number of nitrogens with one attached hydrogen (secondary N) is 2. The minimum atomic E-state index is -0.771. The average Bonchev–Trinajstić information content (AvgIpc) is 2.95. The van der Waals surface area contributed by atoms with Crippen molar-refractivity contribution in [2.45, 2.75) is 37.6 Å². The Morgan fingerprint density at radius 1 is 1.35 bits per heavy atom. The number of halogens is 1. The lowest BCUT2D eigenvalue weighted by Crippen LogP contribution is -2.52. The molecule has 23 heavy (non-hydrogen) atoms. The number of amides is 2. The minimum absolute atomic E-state index is 0.150. The van der Waals surface area contributed by atoms with E-state index >= 15 is 0 Å². The number of methoxy groups -OCH3 is 1. The Bertz CT molecular complexity index is 586. The number of carbonyl (C=O) groups excluding carboxylic acids is 2. The molecule has 0 unspecified atom stereocenters. The molecule has 1 aliphatic carbocycles. The van der Waals surface area contributed by atoms with Crippen LogP contribution in [0.2, 0.25) is 5.02 Å². The second kappa shape index (κ2) is 7.66. The molecule has 7 heteroatoms. The first-order chi connectivity index (χ1) is 10.9. The lowest BCUT2D eigenvalue weighted by Gasteiger charge is -2.22. The number of benzene rings is 1. The monoisotopic (exact) mass is 339 g/mol. The zero-order valence-electron chi connectivity index (χ0n) is 13.2. The lowest BCUT2D eigenvalue weighted by molar-refractivity contribution is -0.126. The molecule has 0 aliphatic heterocycles. The van der Waals surface area contributed by atoms with Crippen LogP contribution in [-0.4, -0.2) is 31.0 Å². The highest BCUT2D eigenvalue weighted by atomic mass is 35.5. The molecular weight excluding hydrogens is 318 g/mol. The van der Waals surface area contributed by atoms with E-state index in [4.69, 9.17) is 22.1 Å². The third-order valence-electron chi connectivity index (χ3n) is 4.02. The topological polar surface area (TPSA) is 93.5 Å². The van der Waals surface area contributed by atoms with E-state index in [9.17, 15) is 9.59 Å². The highest BCUT2D eigenvalue weighted by Crippen LogP contribution is 2.28. The molecule has 0 saturated heterocycles. The molecule has 0 spiro atoms. The number of ether oxygens (including phenoxy) is 1. The van der Waals surface area contributed by atoms with E-state index in [0.29, 0.717) is 29.3 Å². The smallest absolute Gasteiger partial charge is 0.240 e. The molecule has 0 heterocycles. The molecule has 6 nitrogen and oxygen atoms in total. The molecule has 1 fully saturated rings. The van der Waals surface area contributed by atoms with Crippen LogP contribution in [-0.2, 0) is 9.59 Å². The summed E-state index contributed by atoms with van der Waals surface area (Å²) in [4.78, 5) is 24.0. The van der Waals surface area contributed by atoms with E-state index in [1.807, 2.05) is 0 Å². The zero-order chi connectivity index (χ0) is 16.9. The van der Waals surface area contributed by atoms with Gasteiger partial charge in [0.15, 0.2) is 0 Å². The quantitative estimate of drug-likeness (QED) is 0.739. The van der Waals surface area contributed by atoms with Gasteiger partial charge in [-0.3, -0.25) is 9.59 Å². The van der Waals surface area contributed by atoms with Crippen LogP contribution in [0.15, 0.2) is 18.2 Å². The summed E-state index contributed by atoms with van der Waals surface area (Å²) in [5.41, 5.74) is 5.78. The van der Waals surface area contributed by atoms with Gasteiger partial charge in [-0.15, -0.1) is 0 Å². The van der Waals surface area contributed by atoms with Crippen molar-refractivity contribution >= 4 is 29.1 Å². The van der Waals surface area contributed by atoms with Gasteiger partial charge in [0.05, 0.1) is 18.3 Å². The first-order valence-corrected chi connectivity index (χ1v) is 8.03. The van der Waals surface area contributed by atoms with Gasteiger partial charge >= 0.3 is 0 Å². The van der Waals surface area contributed by atoms with Gasteiger partial charge < -0.3 is 21.1 Å². The highest BCUT2D eigenvalue weighted by molar-refractivity contribution is 6.31. The van der Waals surface area contributed by atoms with Gasteiger partial charge in [-0.25, -0.2) is 0 Å². The van der Waals surface area contributed by atoms with E-state index < -0.39 is 5.54 Å². The molecule has 126 valence electrons. The summed E-state index contributed by atoms with van der Waals surface area (Å²) >= 11 is 5.91. The largest absolute Gasteiger partial charge is 0.495 e. The maximum absolute atomic E-state index is 12.0. The predicted molar refractivity (Wildman–Crippen MR) is 89.6 cm³/mol. The SMILES string of the molecule is COc1ccc(Cl)cc1NC(=O)CCNC(=O)C1(N)CCCC1. The fourth-order valence-corrected chi connectivity index (χ4v) is 2.86. The van der Waals surface area contributed by atoms with Crippen LogP contribution < -0.4 is 21.1 Å². The van der Waals surface area contributed by atoms with Gasteiger partial charge in [0.25, 0.3) is 0 Å². The molecule has 2 amide bonds. The first kappa shape index (κ1) is 17.6. The van der Waals surface area contributed by atoms with Crippen LogP contribution in [0.25, 0.3) is 0 Å². The van der Waals surface area contributed by atoms with Crippen LogP contribution in [0.3, 0.4) is 0 Å². The second-order valence-electron chi connectivity index (χ2n) is 5.76. The molecule has 1 aliphatic rings. The number of anilines is 1. The van der Waals surface area contributed by atoms with Gasteiger partial charge in [0, 0.05) is 18.0 Å². The van der Waals surface area contributed by atoms with Gasteiger partial charge in [0.1, 0.15) is 5.75 Å². The number of nitrogens with two attached hydrogens (primary N) is 1. The lowest BCUT2D eigenvalue weighted by atomic mass is 9.98. The van der Waals surface area contributed by atoms with Gasteiger partial charge in [-0.1, -0.05) is 24.4 Å². The van der Waals surface area contributed by atoms with E-state index in [-0.39, 0.29) is 24.8 Å². The summed E-state index contributed by atoms with van der Waals surface area (Å²) in [5.74, 6) is 0.116. The molecule has 0 radical (unpaired) electrons. The summed E-state index contributed by atoms with van der Waals surface area (Å²) in [5, 5.41) is 5.96. The molecule has 0 aromatic heterocycles. The van der Waals surface area contributed by atoms with E-state index in [2.05, 4.69) is 10.6 Å². The van der Waals surface area contributed by atoms with Crippen molar-refractivity contribution in [3.63, 3.8) is 0 Å². The number of carbonyl (C=O) groups is 2. The molecule has 4 N–H and O–H groups in total. The van der Waals surface area contributed by atoms with Crippen molar-refractivity contribution in [3.05, 3.63) is 23.2 Å². The van der Waals surface area contributed by atoms with E-state index in [1.54, 1.807) is 18.2 Å². The van der Waals surface area contributed by atoms with Gasteiger partial charge in [-0.2, -0.15) is 0 Å². The molecule has 1 aromatic carbocycles. The van der Waals surface area contributed by atoms with Crippen molar-refractivity contribution in [3.8, 4) is 5.75 Å². The van der Waals surface area contributed by atoms with Crippen LogP contribution in [0, 0.1) is 0 Å². The normalized spacial score (nSPS) is 16.0. The third-order valence-corrected chi connectivity index (χ3v) is 4.26. The zero-order valence-corrected chi connectivity index (χ0v) is 13.9. The summed E-state index contributed by atoms with van der Waals surface area (Å²) < 4.78 is 5.17. The number of hydrogen-bond donors (Lipinski definition) is 3. The van der Waals surface area contributed by atoms with Crippen LogP contribution in [0.1, 0.15) is 32.1 Å². The molecule has 0 atom stereocenters. The van der Waals surface area contributed by atoms with Crippen molar-refractivity contribution in [2.24, 2.45) is 5.73 Å². The number of rotatable bonds is 6. The van der Waals surface area contributed by atoms with Crippen molar-refractivity contribution < 1.29 is 14.3 Å². The van der Waals surface area contributed by atoms with Crippen LogP contribution in [0.4, 0.5) is 5.69 Å². The Labute approximate surface area is 140 Å². The summed E-state index contributed by atoms with van der Waals surface area (Å²) in [6.07, 6.45) is 3.49. The fourth-order valence-electron chi connectivity index (χ4n) is 2.69. The van der Waals surface area contributed by atoms with E-state index in [0.717, 1.165) is 12.8 Å². The Morgan fingerprint density at radius 2 is 2.04 bits per heavy atom. The van der Waals surface area contributed by atoms with Crippen LogP contribution >= 0.6 is 11.6 Å². The molecule has 1 saturated carbocycles. The van der Waals surface area contributed by atoms with Crippen LogP contribution in [0.5, 0.6) is 5.75 Å². The Kier molecular flexibility index (Phi) is 5.85. The van der Waals surface area contributed by atoms with Crippen molar-refractivity contribution in [2.75, 3.05) is 19.0 Å². The first-order valence-electron chi connectivity index (χ1n) is 7.65. The Morgan fingerprint density at radius 3 is 2.70 bits per heavy atom. The Balaban J connectivity index is 1.81. The highest BCUT2D eigenvalue weighted by Gasteiger charge is 2.36. The van der Waals surface area contributed by atoms with E-state index in [1.165, 1.54) is 7.11 Å². The average molecular weight is 340 g/mol. The predicted octanol–water partition coefficient (Wildman–Crippen LogP) is 2.06. The van der Waals surface area contributed by atoms with Gasteiger partial charge in [-0.05, 0) is 31.0 Å². The maximum Gasteiger partial charge on any atom is 0.240 e. The molecule has 1 aromatic rings. The third kappa shape index (κ3) is 4.59. The Hall–Kier alpha value is -1.79. The fraction of sp³-hybridized carbons (Fsp3) is 0.500. The van der Waals surface area contributed by atoms with Crippen molar-refractivity contribution in [1.29, 1.82) is 0 Å². The van der Waals surface area contributed by atoms with Gasteiger partial charge in [0.2, 0.25) is 11.8 Å². The summed E-state index contributed by atoms with van der Waals surface area (Å²) in [6, 6.07) is 4.97. The summed E-state index contributed by atoms with van der Waals surface area (Å²) in [7, 11) is 1.52. The number of hydrogen-bond acceptors (Lipinski definition) is 4. The second-order valence-corrected chi connectivity index (χ2v) is 6.20. The summed E-state index contributed by atoms with van der Waals surface area (Å²) in [6.45, 7) is 0.243. The minimum Gasteiger partial charge on any atom is -0.495 e. The molecule has 2 rings (SSSR count). The standard InChI is InChI=1S/C16H22ClN3O3/c1-23-13-5-4-11(17)10-12(13)20-14(21)6-9-19-15(22)16(18)7-2-3-8-16/h4-5,10H,2-3,6-9,18H2,1H3,(H,19,22)(H,20,21).